The minimum Gasteiger partial charge on any atom is -0.497 e. The average molecular weight is 362 g/mol. The molecule has 0 amide bonds. The monoisotopic (exact) mass is 360 g/mol. The van der Waals surface area contributed by atoms with Crippen molar-refractivity contribution in [1.29, 1.82) is 0 Å². The van der Waals surface area contributed by atoms with Crippen molar-refractivity contribution in [2.45, 2.75) is 12.3 Å². The highest BCUT2D eigenvalue weighted by Crippen LogP contribution is 2.37. The molecule has 1 nitrogen and oxygen atoms in total. The number of alkyl halides is 1. The van der Waals surface area contributed by atoms with Gasteiger partial charge in [0.2, 0.25) is 0 Å². The third-order valence-electron chi connectivity index (χ3n) is 2.97. The third-order valence-corrected chi connectivity index (χ3v) is 4.11. The first-order valence-electron chi connectivity index (χ1n) is 5.87. The molecule has 2 aromatic rings. The van der Waals surface area contributed by atoms with E-state index in [-0.39, 0.29) is 11.3 Å². The number of aryl methyl sites for hydroxylation is 1. The summed E-state index contributed by atoms with van der Waals surface area (Å²) in [4.78, 5) is 0. The van der Waals surface area contributed by atoms with Crippen molar-refractivity contribution in [3.63, 3.8) is 0 Å². The van der Waals surface area contributed by atoms with Gasteiger partial charge in [-0.3, -0.25) is 0 Å². The van der Waals surface area contributed by atoms with E-state index in [1.54, 1.807) is 6.07 Å². The second-order valence-corrected chi connectivity index (χ2v) is 5.68. The second kappa shape index (κ2) is 6.10. The minimum atomic E-state index is -0.920. The van der Waals surface area contributed by atoms with Gasteiger partial charge in [0.15, 0.2) is 0 Å². The highest BCUT2D eigenvalue weighted by molar-refractivity contribution is 9.10. The Balaban J connectivity index is 2.50. The summed E-state index contributed by atoms with van der Waals surface area (Å²) >= 11 is 9.61. The number of hydrogen-bond acceptors (Lipinski definition) is 1. The topological polar surface area (TPSA) is 9.23 Å². The van der Waals surface area contributed by atoms with Crippen molar-refractivity contribution < 1.29 is 13.5 Å². The Hall–Kier alpha value is -1.13. The highest BCUT2D eigenvalue weighted by atomic mass is 79.9. The second-order valence-electron chi connectivity index (χ2n) is 4.39. The molecule has 0 N–H and O–H groups in total. The standard InChI is InChI=1S/C15H12BrClF2O/c1-8-3-4-10(11(16)5-8)15(17)14-12(18)6-9(20-2)7-13(14)19/h3-7,15H,1-2H3. The lowest BCUT2D eigenvalue weighted by atomic mass is 10.0. The van der Waals surface area contributed by atoms with E-state index in [4.69, 9.17) is 16.3 Å². The van der Waals surface area contributed by atoms with E-state index in [1.165, 1.54) is 7.11 Å². The van der Waals surface area contributed by atoms with Crippen LogP contribution >= 0.6 is 27.5 Å². The Bertz CT molecular complexity index is 623. The number of halogens is 4. The summed E-state index contributed by atoms with van der Waals surface area (Å²) in [5, 5.41) is -0.920. The zero-order chi connectivity index (χ0) is 14.9. The van der Waals surface area contributed by atoms with E-state index < -0.39 is 17.0 Å². The van der Waals surface area contributed by atoms with Crippen LogP contribution in [0.2, 0.25) is 0 Å². The number of hydrogen-bond donors (Lipinski definition) is 0. The molecule has 0 bridgehead atoms. The van der Waals surface area contributed by atoms with Crippen LogP contribution in [0.15, 0.2) is 34.8 Å². The fourth-order valence-corrected chi connectivity index (χ4v) is 3.17. The zero-order valence-electron chi connectivity index (χ0n) is 10.9. The molecule has 0 saturated heterocycles. The SMILES string of the molecule is COc1cc(F)c(C(Cl)c2ccc(C)cc2Br)c(F)c1. The van der Waals surface area contributed by atoms with Crippen LogP contribution in [-0.2, 0) is 0 Å². The summed E-state index contributed by atoms with van der Waals surface area (Å²) in [6.45, 7) is 1.92. The molecule has 0 saturated carbocycles. The van der Waals surface area contributed by atoms with Crippen molar-refractivity contribution in [3.05, 3.63) is 63.1 Å². The smallest absolute Gasteiger partial charge is 0.134 e. The maximum absolute atomic E-state index is 14.0. The molecule has 2 rings (SSSR count). The van der Waals surface area contributed by atoms with Gasteiger partial charge in [0.25, 0.3) is 0 Å². The number of benzene rings is 2. The van der Waals surface area contributed by atoms with Crippen LogP contribution < -0.4 is 4.74 Å². The molecule has 2 aromatic carbocycles. The molecule has 0 aliphatic carbocycles. The van der Waals surface area contributed by atoms with Crippen LogP contribution in [0, 0.1) is 18.6 Å². The maximum atomic E-state index is 14.0. The van der Waals surface area contributed by atoms with E-state index in [2.05, 4.69) is 15.9 Å². The molecule has 0 aromatic heterocycles. The van der Waals surface area contributed by atoms with Crippen molar-refractivity contribution in [2.24, 2.45) is 0 Å². The van der Waals surface area contributed by atoms with Crippen LogP contribution in [0.5, 0.6) is 5.75 Å². The first kappa shape index (κ1) is 15.3. The number of rotatable bonds is 3. The van der Waals surface area contributed by atoms with Crippen molar-refractivity contribution in [2.75, 3.05) is 7.11 Å². The summed E-state index contributed by atoms with van der Waals surface area (Å²) in [5.41, 5.74) is 1.46. The van der Waals surface area contributed by atoms with E-state index in [0.717, 1.165) is 17.7 Å². The molecule has 0 radical (unpaired) electrons. The zero-order valence-corrected chi connectivity index (χ0v) is 13.2. The van der Waals surface area contributed by atoms with Gasteiger partial charge in [-0.05, 0) is 24.1 Å². The Morgan fingerprint density at radius 2 is 1.75 bits per heavy atom. The Morgan fingerprint density at radius 3 is 2.25 bits per heavy atom. The van der Waals surface area contributed by atoms with Gasteiger partial charge in [0.05, 0.1) is 12.5 Å². The van der Waals surface area contributed by atoms with Gasteiger partial charge in [-0.2, -0.15) is 0 Å². The average Bonchev–Trinajstić information content (AvgIpc) is 2.37. The van der Waals surface area contributed by atoms with Gasteiger partial charge in [0.1, 0.15) is 17.4 Å². The lowest BCUT2D eigenvalue weighted by Crippen LogP contribution is -2.03. The number of methoxy groups -OCH3 is 1. The summed E-state index contributed by atoms with van der Waals surface area (Å²) in [5.74, 6) is -1.33. The molecular formula is C15H12BrClF2O. The van der Waals surface area contributed by atoms with Crippen LogP contribution in [-0.4, -0.2) is 7.11 Å². The predicted molar refractivity (Wildman–Crippen MR) is 79.5 cm³/mol. The van der Waals surface area contributed by atoms with Gasteiger partial charge in [-0.1, -0.05) is 28.1 Å². The summed E-state index contributed by atoms with van der Waals surface area (Å²) in [6.07, 6.45) is 0. The van der Waals surface area contributed by atoms with Crippen LogP contribution in [0.25, 0.3) is 0 Å². The Morgan fingerprint density at radius 1 is 1.15 bits per heavy atom. The summed E-state index contributed by atoms with van der Waals surface area (Å²) in [7, 11) is 1.35. The molecule has 0 aliphatic rings. The Labute approximate surface area is 129 Å². The lowest BCUT2D eigenvalue weighted by Gasteiger charge is -2.15. The van der Waals surface area contributed by atoms with Crippen molar-refractivity contribution >= 4 is 27.5 Å². The first-order valence-corrected chi connectivity index (χ1v) is 7.10. The van der Waals surface area contributed by atoms with Crippen molar-refractivity contribution in [1.82, 2.24) is 0 Å². The third kappa shape index (κ3) is 2.96. The molecule has 106 valence electrons. The predicted octanol–water partition coefficient (Wildman–Crippen LogP) is 5.37. The molecule has 0 spiro atoms. The summed E-state index contributed by atoms with van der Waals surface area (Å²) < 4.78 is 33.6. The molecule has 1 atom stereocenters. The molecule has 0 heterocycles. The van der Waals surface area contributed by atoms with Gasteiger partial charge < -0.3 is 4.74 Å². The van der Waals surface area contributed by atoms with Crippen LogP contribution in [0.1, 0.15) is 22.1 Å². The van der Waals surface area contributed by atoms with Gasteiger partial charge >= 0.3 is 0 Å². The number of ether oxygens (including phenoxy) is 1. The quantitative estimate of drug-likeness (QED) is 0.668. The lowest BCUT2D eigenvalue weighted by molar-refractivity contribution is 0.405. The van der Waals surface area contributed by atoms with Crippen LogP contribution in [0.4, 0.5) is 8.78 Å². The van der Waals surface area contributed by atoms with E-state index in [9.17, 15) is 8.78 Å². The normalized spacial score (nSPS) is 12.3. The fourth-order valence-electron chi connectivity index (χ4n) is 1.91. The molecule has 20 heavy (non-hydrogen) atoms. The Kier molecular flexibility index (Phi) is 4.66. The fraction of sp³-hybridized carbons (Fsp3) is 0.200. The molecule has 1 unspecified atom stereocenters. The molecule has 5 heteroatoms. The maximum Gasteiger partial charge on any atom is 0.134 e. The van der Waals surface area contributed by atoms with E-state index in [0.29, 0.717) is 10.0 Å². The van der Waals surface area contributed by atoms with E-state index in [1.807, 2.05) is 19.1 Å². The summed E-state index contributed by atoms with van der Waals surface area (Å²) in [6, 6.07) is 7.69. The van der Waals surface area contributed by atoms with Gasteiger partial charge in [-0.15, -0.1) is 11.6 Å². The minimum absolute atomic E-state index is 0.121. The van der Waals surface area contributed by atoms with E-state index >= 15 is 0 Å². The molecular weight excluding hydrogens is 350 g/mol. The van der Waals surface area contributed by atoms with Gasteiger partial charge in [0, 0.05) is 22.2 Å². The highest BCUT2D eigenvalue weighted by Gasteiger charge is 2.23. The van der Waals surface area contributed by atoms with Crippen LogP contribution in [0.3, 0.4) is 0 Å². The molecule has 0 aliphatic heterocycles. The molecule has 0 fully saturated rings. The largest absolute Gasteiger partial charge is 0.497 e. The van der Waals surface area contributed by atoms with Gasteiger partial charge in [-0.25, -0.2) is 8.78 Å². The van der Waals surface area contributed by atoms with Crippen molar-refractivity contribution in [3.8, 4) is 5.75 Å². The first-order chi connectivity index (χ1) is 9.43.